The van der Waals surface area contributed by atoms with E-state index in [9.17, 15) is 27.6 Å². The van der Waals surface area contributed by atoms with E-state index in [2.05, 4.69) is 15.6 Å². The molecule has 12 heteroatoms. The molecule has 2 N–H and O–H groups in total. The van der Waals surface area contributed by atoms with Crippen LogP contribution in [-0.2, 0) is 15.8 Å². The van der Waals surface area contributed by atoms with Gasteiger partial charge in [-0.15, -0.1) is 0 Å². The van der Waals surface area contributed by atoms with Crippen LogP contribution in [0.3, 0.4) is 0 Å². The number of nitrogens with one attached hydrogen (secondary N) is 2. The summed E-state index contributed by atoms with van der Waals surface area (Å²) in [5.41, 5.74) is -0.795. The minimum absolute atomic E-state index is 0.0316. The SMILES string of the molecule is CC(=C1C(=O)NC(=O)N(CCNc2ncc(C(F)(F)F)cc2Cl)C1=O)N(C)C. The molecule has 1 aliphatic rings. The van der Waals surface area contributed by atoms with E-state index < -0.39 is 29.6 Å². The summed E-state index contributed by atoms with van der Waals surface area (Å²) < 4.78 is 37.9. The first kappa shape index (κ1) is 21.5. The molecule has 0 atom stereocenters. The Morgan fingerprint density at radius 2 is 1.96 bits per heavy atom. The van der Waals surface area contributed by atoms with Crippen molar-refractivity contribution in [1.29, 1.82) is 0 Å². The molecule has 28 heavy (non-hydrogen) atoms. The van der Waals surface area contributed by atoms with E-state index in [1.807, 2.05) is 0 Å². The summed E-state index contributed by atoms with van der Waals surface area (Å²) in [6.07, 6.45) is -3.96. The van der Waals surface area contributed by atoms with Gasteiger partial charge in [0.25, 0.3) is 11.8 Å². The number of nitrogens with zero attached hydrogens (tertiary/aromatic N) is 3. The van der Waals surface area contributed by atoms with Gasteiger partial charge in [0, 0.05) is 39.1 Å². The number of amides is 4. The average molecular weight is 420 g/mol. The quantitative estimate of drug-likeness (QED) is 0.560. The van der Waals surface area contributed by atoms with Gasteiger partial charge in [0.1, 0.15) is 11.4 Å². The van der Waals surface area contributed by atoms with E-state index in [1.165, 1.54) is 0 Å². The number of carbonyl (C=O) groups is 3. The lowest BCUT2D eigenvalue weighted by molar-refractivity contribution is -0.138. The topological polar surface area (TPSA) is 94.6 Å². The molecule has 1 saturated heterocycles. The van der Waals surface area contributed by atoms with Crippen LogP contribution in [0.1, 0.15) is 12.5 Å². The number of imide groups is 2. The third-order valence-corrected chi connectivity index (χ3v) is 4.27. The lowest BCUT2D eigenvalue weighted by Gasteiger charge is -2.28. The van der Waals surface area contributed by atoms with E-state index in [-0.39, 0.29) is 29.5 Å². The van der Waals surface area contributed by atoms with Crippen molar-refractivity contribution >= 4 is 35.3 Å². The standard InChI is InChI=1S/C16H17ClF3N5O3/c1-8(24(2)3)11-13(26)23-15(28)25(14(11)27)5-4-21-12-10(17)6-9(7-22-12)16(18,19)20/h6-7H,4-5H2,1-3H3,(H,21,22)(H,23,26,28). The molecule has 0 aliphatic carbocycles. The Labute approximate surface area is 163 Å². The summed E-state index contributed by atoms with van der Waals surface area (Å²) in [7, 11) is 3.28. The summed E-state index contributed by atoms with van der Waals surface area (Å²) in [5, 5.41) is 4.48. The summed E-state index contributed by atoms with van der Waals surface area (Å²) in [5.74, 6) is -1.60. The van der Waals surface area contributed by atoms with E-state index in [4.69, 9.17) is 11.6 Å². The predicted octanol–water partition coefficient (Wildman–Crippen LogP) is 2.08. The second kappa shape index (κ2) is 8.05. The first-order valence-electron chi connectivity index (χ1n) is 7.95. The first-order valence-corrected chi connectivity index (χ1v) is 8.33. The highest BCUT2D eigenvalue weighted by Gasteiger charge is 2.37. The highest BCUT2D eigenvalue weighted by atomic mass is 35.5. The first-order chi connectivity index (χ1) is 12.9. The fraction of sp³-hybridized carbons (Fsp3) is 0.375. The molecule has 1 fully saturated rings. The molecule has 2 rings (SSSR count). The maximum Gasteiger partial charge on any atom is 0.417 e. The number of hydrogen-bond acceptors (Lipinski definition) is 6. The van der Waals surface area contributed by atoms with Gasteiger partial charge in [-0.05, 0) is 13.0 Å². The molecule has 1 aromatic rings. The zero-order valence-corrected chi connectivity index (χ0v) is 15.9. The van der Waals surface area contributed by atoms with Gasteiger partial charge in [-0.1, -0.05) is 11.6 Å². The third-order valence-electron chi connectivity index (χ3n) is 3.98. The Kier molecular flexibility index (Phi) is 6.17. The lowest BCUT2D eigenvalue weighted by atomic mass is 10.1. The fourth-order valence-corrected chi connectivity index (χ4v) is 2.54. The number of barbiturate groups is 1. The van der Waals surface area contributed by atoms with E-state index in [1.54, 1.807) is 25.9 Å². The number of allylic oxidation sites excluding steroid dienone is 1. The summed E-state index contributed by atoms with van der Waals surface area (Å²) in [6.45, 7) is 1.35. The third kappa shape index (κ3) is 4.53. The molecular weight excluding hydrogens is 403 g/mol. The number of pyridine rings is 1. The van der Waals surface area contributed by atoms with E-state index in [0.717, 1.165) is 11.0 Å². The second-order valence-corrected chi connectivity index (χ2v) is 6.46. The van der Waals surface area contributed by atoms with Crippen LogP contribution in [0.4, 0.5) is 23.8 Å². The van der Waals surface area contributed by atoms with Gasteiger partial charge in [0.2, 0.25) is 0 Å². The second-order valence-electron chi connectivity index (χ2n) is 6.05. The molecule has 0 unspecified atom stereocenters. The fourth-order valence-electron chi connectivity index (χ4n) is 2.31. The molecule has 1 aliphatic heterocycles. The summed E-state index contributed by atoms with van der Waals surface area (Å²) in [4.78, 5) is 42.4. The minimum atomic E-state index is -4.58. The van der Waals surface area contributed by atoms with Crippen molar-refractivity contribution in [1.82, 2.24) is 20.1 Å². The largest absolute Gasteiger partial charge is 0.417 e. The molecule has 4 amide bonds. The Bertz CT molecular complexity index is 854. The average Bonchev–Trinajstić information content (AvgIpc) is 2.57. The normalized spacial score (nSPS) is 16.8. The van der Waals surface area contributed by atoms with Gasteiger partial charge in [-0.2, -0.15) is 13.2 Å². The molecule has 0 spiro atoms. The summed E-state index contributed by atoms with van der Waals surface area (Å²) >= 11 is 5.79. The van der Waals surface area contributed by atoms with E-state index in [0.29, 0.717) is 11.9 Å². The smallest absolute Gasteiger partial charge is 0.380 e. The number of rotatable bonds is 5. The lowest BCUT2D eigenvalue weighted by Crippen LogP contribution is -2.55. The zero-order valence-electron chi connectivity index (χ0n) is 15.1. The Morgan fingerprint density at radius 3 is 2.50 bits per heavy atom. The van der Waals surface area contributed by atoms with Crippen LogP contribution in [-0.4, -0.2) is 59.8 Å². The van der Waals surface area contributed by atoms with Crippen molar-refractivity contribution in [2.45, 2.75) is 13.1 Å². The molecule has 0 bridgehead atoms. The predicted molar refractivity (Wildman–Crippen MR) is 94.4 cm³/mol. The number of hydrogen-bond donors (Lipinski definition) is 2. The van der Waals surface area contributed by atoms with Gasteiger partial charge in [0.05, 0.1) is 10.6 Å². The van der Waals surface area contributed by atoms with Crippen LogP contribution in [0, 0.1) is 0 Å². The maximum absolute atomic E-state index is 12.6. The molecule has 2 heterocycles. The molecule has 152 valence electrons. The van der Waals surface area contributed by atoms with Crippen LogP contribution in [0.25, 0.3) is 0 Å². The van der Waals surface area contributed by atoms with Crippen molar-refractivity contribution in [3.8, 4) is 0 Å². The molecule has 0 aromatic carbocycles. The molecule has 1 aromatic heterocycles. The van der Waals surface area contributed by atoms with Crippen molar-refractivity contribution in [2.24, 2.45) is 0 Å². The highest BCUT2D eigenvalue weighted by molar-refractivity contribution is 6.33. The summed E-state index contributed by atoms with van der Waals surface area (Å²) in [6, 6.07) is -0.172. The Hall–Kier alpha value is -2.82. The number of carbonyl (C=O) groups excluding carboxylic acids is 3. The van der Waals surface area contributed by atoms with Crippen LogP contribution >= 0.6 is 11.6 Å². The van der Waals surface area contributed by atoms with Gasteiger partial charge < -0.3 is 10.2 Å². The Morgan fingerprint density at radius 1 is 1.32 bits per heavy atom. The van der Waals surface area contributed by atoms with Gasteiger partial charge in [0.15, 0.2) is 0 Å². The minimum Gasteiger partial charge on any atom is -0.380 e. The number of anilines is 1. The van der Waals surface area contributed by atoms with Gasteiger partial charge >= 0.3 is 12.2 Å². The molecule has 8 nitrogen and oxygen atoms in total. The maximum atomic E-state index is 12.6. The highest BCUT2D eigenvalue weighted by Crippen LogP contribution is 2.32. The van der Waals surface area contributed by atoms with Crippen molar-refractivity contribution < 1.29 is 27.6 Å². The van der Waals surface area contributed by atoms with Crippen molar-refractivity contribution in [2.75, 3.05) is 32.5 Å². The zero-order chi connectivity index (χ0) is 21.2. The van der Waals surface area contributed by atoms with Crippen LogP contribution < -0.4 is 10.6 Å². The number of urea groups is 1. The van der Waals surface area contributed by atoms with Gasteiger partial charge in [-0.3, -0.25) is 19.8 Å². The Balaban J connectivity index is 2.10. The van der Waals surface area contributed by atoms with Crippen molar-refractivity contribution in [3.05, 3.63) is 34.1 Å². The van der Waals surface area contributed by atoms with Gasteiger partial charge in [-0.25, -0.2) is 9.78 Å². The van der Waals surface area contributed by atoms with Crippen molar-refractivity contribution in [3.63, 3.8) is 0 Å². The number of halogens is 4. The van der Waals surface area contributed by atoms with Crippen LogP contribution in [0.5, 0.6) is 0 Å². The van der Waals surface area contributed by atoms with Crippen LogP contribution in [0.2, 0.25) is 5.02 Å². The molecule has 0 saturated carbocycles. The number of alkyl halides is 3. The molecule has 0 radical (unpaired) electrons. The monoisotopic (exact) mass is 419 g/mol. The van der Waals surface area contributed by atoms with E-state index >= 15 is 0 Å². The van der Waals surface area contributed by atoms with Crippen LogP contribution in [0.15, 0.2) is 23.5 Å². The molecular formula is C16H17ClF3N5O3. The number of aromatic nitrogens is 1.